The van der Waals surface area contributed by atoms with E-state index in [0.717, 1.165) is 19.3 Å². The SMILES string of the molecule is C=CC(O)(C=C[C@H]1[C@@H]2CC(=C)C(=O)[C@H]2C[C@H]1O)CCCCC. The summed E-state index contributed by atoms with van der Waals surface area (Å²) in [5.41, 5.74) is -0.339. The molecule has 0 aliphatic heterocycles. The first kappa shape index (κ1) is 17.2. The van der Waals surface area contributed by atoms with Crippen LogP contribution in [0.2, 0.25) is 0 Å². The van der Waals surface area contributed by atoms with Crippen molar-refractivity contribution >= 4 is 5.78 Å². The van der Waals surface area contributed by atoms with Gasteiger partial charge in [0.2, 0.25) is 0 Å². The third-order valence-electron chi connectivity index (χ3n) is 5.26. The Hall–Kier alpha value is -1.19. The van der Waals surface area contributed by atoms with Gasteiger partial charge in [0, 0.05) is 11.8 Å². The molecule has 122 valence electrons. The molecule has 22 heavy (non-hydrogen) atoms. The topological polar surface area (TPSA) is 57.5 Å². The zero-order valence-electron chi connectivity index (χ0n) is 13.5. The Labute approximate surface area is 133 Å². The summed E-state index contributed by atoms with van der Waals surface area (Å²) in [5.74, 6) is 0.0813. The second-order valence-corrected chi connectivity index (χ2v) is 6.83. The minimum Gasteiger partial charge on any atom is -0.392 e. The van der Waals surface area contributed by atoms with Gasteiger partial charge in [-0.3, -0.25) is 4.79 Å². The van der Waals surface area contributed by atoms with Gasteiger partial charge < -0.3 is 10.2 Å². The lowest BCUT2D eigenvalue weighted by Gasteiger charge is -2.23. The molecule has 0 amide bonds. The van der Waals surface area contributed by atoms with Crippen LogP contribution in [-0.4, -0.2) is 27.7 Å². The van der Waals surface area contributed by atoms with E-state index in [2.05, 4.69) is 20.1 Å². The highest BCUT2D eigenvalue weighted by Gasteiger charge is 2.49. The van der Waals surface area contributed by atoms with Crippen molar-refractivity contribution in [3.05, 3.63) is 37.0 Å². The molecule has 3 nitrogen and oxygen atoms in total. The van der Waals surface area contributed by atoms with Crippen LogP contribution in [0.4, 0.5) is 0 Å². The lowest BCUT2D eigenvalue weighted by atomic mass is 9.88. The van der Waals surface area contributed by atoms with Gasteiger partial charge in [0.05, 0.1) is 6.10 Å². The molecule has 0 bridgehead atoms. The molecule has 1 unspecified atom stereocenters. The molecule has 5 atom stereocenters. The predicted molar refractivity (Wildman–Crippen MR) is 88.3 cm³/mol. The smallest absolute Gasteiger partial charge is 0.161 e. The zero-order valence-corrected chi connectivity index (χ0v) is 13.5. The summed E-state index contributed by atoms with van der Waals surface area (Å²) in [7, 11) is 0. The fourth-order valence-corrected chi connectivity index (χ4v) is 3.83. The van der Waals surface area contributed by atoms with Crippen LogP contribution in [0.3, 0.4) is 0 Å². The number of allylic oxidation sites excluding steroid dienone is 1. The van der Waals surface area contributed by atoms with E-state index >= 15 is 0 Å². The highest BCUT2D eigenvalue weighted by atomic mass is 16.3. The number of Topliss-reactive ketones (excluding diaryl/α,β-unsaturated/α-hetero) is 1. The molecule has 2 aliphatic carbocycles. The molecule has 2 aliphatic rings. The van der Waals surface area contributed by atoms with Crippen molar-refractivity contribution in [2.75, 3.05) is 0 Å². The Bertz CT molecular complexity index is 479. The summed E-state index contributed by atoms with van der Waals surface area (Å²) >= 11 is 0. The fraction of sp³-hybridized carbons (Fsp3) is 0.632. The standard InChI is InChI=1S/C19H28O3/c1-4-6-7-9-19(22,5-2)10-8-14-15-11-13(3)18(21)16(15)12-17(14)20/h5,8,10,14-17,20,22H,2-4,6-7,9,11-12H2,1H3/t14-,15-,16-,17+,19?/m0/s1. The number of rotatable bonds is 7. The first-order valence-electron chi connectivity index (χ1n) is 8.37. The van der Waals surface area contributed by atoms with Crippen molar-refractivity contribution in [3.8, 4) is 0 Å². The summed E-state index contributed by atoms with van der Waals surface area (Å²) in [6, 6.07) is 0. The van der Waals surface area contributed by atoms with E-state index in [1.165, 1.54) is 0 Å². The number of unbranched alkanes of at least 4 members (excludes halogenated alkanes) is 2. The van der Waals surface area contributed by atoms with E-state index in [0.29, 0.717) is 24.8 Å². The van der Waals surface area contributed by atoms with Crippen LogP contribution in [0, 0.1) is 17.8 Å². The van der Waals surface area contributed by atoms with Gasteiger partial charge in [-0.25, -0.2) is 0 Å². The maximum atomic E-state index is 12.0. The molecule has 0 aromatic rings. The molecular weight excluding hydrogens is 276 g/mol. The van der Waals surface area contributed by atoms with Gasteiger partial charge in [-0.1, -0.05) is 51.2 Å². The number of carbonyl (C=O) groups is 1. The molecule has 0 saturated heterocycles. The first-order chi connectivity index (χ1) is 10.4. The van der Waals surface area contributed by atoms with Crippen molar-refractivity contribution in [2.45, 2.75) is 57.2 Å². The molecule has 0 aromatic carbocycles. The fourth-order valence-electron chi connectivity index (χ4n) is 3.83. The van der Waals surface area contributed by atoms with Crippen molar-refractivity contribution < 1.29 is 15.0 Å². The van der Waals surface area contributed by atoms with Crippen LogP contribution in [0.15, 0.2) is 37.0 Å². The Morgan fingerprint density at radius 2 is 2.14 bits per heavy atom. The Kier molecular flexibility index (Phi) is 5.41. The Morgan fingerprint density at radius 1 is 1.41 bits per heavy atom. The molecule has 2 saturated carbocycles. The monoisotopic (exact) mass is 304 g/mol. The Balaban J connectivity index is 2.06. The third-order valence-corrected chi connectivity index (χ3v) is 5.26. The number of aliphatic hydroxyl groups excluding tert-OH is 1. The van der Waals surface area contributed by atoms with Crippen molar-refractivity contribution in [1.29, 1.82) is 0 Å². The largest absolute Gasteiger partial charge is 0.392 e. The summed E-state index contributed by atoms with van der Waals surface area (Å²) in [6.07, 6.45) is 9.66. The normalized spacial score (nSPS) is 34.1. The van der Waals surface area contributed by atoms with E-state index in [1.807, 2.05) is 6.08 Å². The number of hydrogen-bond acceptors (Lipinski definition) is 3. The van der Waals surface area contributed by atoms with Crippen molar-refractivity contribution in [1.82, 2.24) is 0 Å². The first-order valence-corrected chi connectivity index (χ1v) is 8.37. The average molecular weight is 304 g/mol. The molecule has 0 heterocycles. The maximum Gasteiger partial charge on any atom is 0.161 e. The van der Waals surface area contributed by atoms with Crippen molar-refractivity contribution in [3.63, 3.8) is 0 Å². The number of carbonyl (C=O) groups excluding carboxylic acids is 1. The summed E-state index contributed by atoms with van der Waals surface area (Å²) in [6.45, 7) is 9.69. The van der Waals surface area contributed by atoms with Crippen LogP contribution < -0.4 is 0 Å². The molecule has 0 radical (unpaired) electrons. The van der Waals surface area contributed by atoms with Gasteiger partial charge in [-0.05, 0) is 37.2 Å². The molecular formula is C19H28O3. The van der Waals surface area contributed by atoms with Crippen LogP contribution in [0.1, 0.15) is 45.4 Å². The number of fused-ring (bicyclic) bond motifs is 1. The molecule has 0 spiro atoms. The lowest BCUT2D eigenvalue weighted by molar-refractivity contribution is -0.118. The van der Waals surface area contributed by atoms with Gasteiger partial charge in [0.25, 0.3) is 0 Å². The van der Waals surface area contributed by atoms with E-state index in [4.69, 9.17) is 0 Å². The van der Waals surface area contributed by atoms with Gasteiger partial charge in [-0.15, -0.1) is 0 Å². The number of hydrogen-bond donors (Lipinski definition) is 2. The molecule has 3 heteroatoms. The van der Waals surface area contributed by atoms with Gasteiger partial charge in [0.15, 0.2) is 5.78 Å². The van der Waals surface area contributed by atoms with Gasteiger partial charge in [-0.2, -0.15) is 0 Å². The molecule has 2 N–H and O–H groups in total. The van der Waals surface area contributed by atoms with Gasteiger partial charge in [0.1, 0.15) is 5.60 Å². The van der Waals surface area contributed by atoms with Crippen LogP contribution in [0.25, 0.3) is 0 Å². The third kappa shape index (κ3) is 3.41. The van der Waals surface area contributed by atoms with Crippen LogP contribution >= 0.6 is 0 Å². The minimum absolute atomic E-state index is 0.0779. The van der Waals surface area contributed by atoms with Crippen molar-refractivity contribution in [2.24, 2.45) is 17.8 Å². The second kappa shape index (κ2) is 6.93. The van der Waals surface area contributed by atoms with Crippen LogP contribution in [-0.2, 0) is 4.79 Å². The molecule has 2 rings (SSSR count). The predicted octanol–water partition coefficient (Wildman–Crippen LogP) is 3.18. The Morgan fingerprint density at radius 3 is 2.77 bits per heavy atom. The number of aliphatic hydroxyl groups is 2. The molecule has 2 fully saturated rings. The summed E-state index contributed by atoms with van der Waals surface area (Å²) in [5, 5.41) is 20.8. The lowest BCUT2D eigenvalue weighted by Crippen LogP contribution is -2.24. The summed E-state index contributed by atoms with van der Waals surface area (Å²) in [4.78, 5) is 12.0. The maximum absolute atomic E-state index is 12.0. The average Bonchev–Trinajstić information content (AvgIpc) is 2.94. The van der Waals surface area contributed by atoms with E-state index in [1.54, 1.807) is 12.2 Å². The second-order valence-electron chi connectivity index (χ2n) is 6.83. The molecule has 0 aromatic heterocycles. The minimum atomic E-state index is -1.02. The highest BCUT2D eigenvalue weighted by Crippen LogP contribution is 2.48. The van der Waals surface area contributed by atoms with E-state index in [9.17, 15) is 15.0 Å². The number of ketones is 1. The van der Waals surface area contributed by atoms with E-state index in [-0.39, 0.29) is 23.5 Å². The van der Waals surface area contributed by atoms with E-state index < -0.39 is 11.7 Å². The quantitative estimate of drug-likeness (QED) is 0.431. The van der Waals surface area contributed by atoms with Crippen LogP contribution in [0.5, 0.6) is 0 Å². The van der Waals surface area contributed by atoms with Gasteiger partial charge >= 0.3 is 0 Å². The zero-order chi connectivity index (χ0) is 16.3. The highest BCUT2D eigenvalue weighted by molar-refractivity contribution is 5.99. The summed E-state index contributed by atoms with van der Waals surface area (Å²) < 4.78 is 0.